The van der Waals surface area contributed by atoms with Crippen LogP contribution in [0.1, 0.15) is 5.56 Å². The number of thioether (sulfide) groups is 1. The van der Waals surface area contributed by atoms with E-state index >= 15 is 0 Å². The van der Waals surface area contributed by atoms with Gasteiger partial charge >= 0.3 is 0 Å². The summed E-state index contributed by atoms with van der Waals surface area (Å²) >= 11 is 1.61. The first-order chi connectivity index (χ1) is 5.77. The fourth-order valence-electron chi connectivity index (χ4n) is 0.894. The molecule has 0 aliphatic carbocycles. The van der Waals surface area contributed by atoms with Gasteiger partial charge in [0, 0.05) is 10.5 Å². The minimum atomic E-state index is 0.221. The largest absolute Gasteiger partial charge is 0.508 e. The maximum Gasteiger partial charge on any atom is 0.121 e. The fraction of sp³-hybridized carbons (Fsp3) is 0.250. The van der Waals surface area contributed by atoms with Crippen molar-refractivity contribution in [1.82, 2.24) is 0 Å². The number of nitrogens with two attached hydrogens (primary N) is 1. The van der Waals surface area contributed by atoms with Crippen molar-refractivity contribution in [3.8, 4) is 5.75 Å². The highest BCUT2D eigenvalue weighted by molar-refractivity contribution is 7.98. The molecule has 0 spiro atoms. The van der Waals surface area contributed by atoms with E-state index in [0.717, 1.165) is 4.90 Å². The third-order valence-electron chi connectivity index (χ3n) is 1.53. The van der Waals surface area contributed by atoms with Crippen molar-refractivity contribution in [2.45, 2.75) is 11.5 Å². The van der Waals surface area contributed by atoms with Crippen LogP contribution in [0.5, 0.6) is 5.75 Å². The third kappa shape index (κ3) is 2.14. The molecule has 1 aromatic rings. The van der Waals surface area contributed by atoms with Crippen LogP contribution in [0.25, 0.3) is 0 Å². The molecule has 1 aromatic carbocycles. The van der Waals surface area contributed by atoms with E-state index < -0.39 is 0 Å². The van der Waals surface area contributed by atoms with Crippen LogP contribution in [0.3, 0.4) is 0 Å². The first kappa shape index (κ1) is 9.38. The molecule has 0 heterocycles. The van der Waals surface area contributed by atoms with Gasteiger partial charge in [0.25, 0.3) is 0 Å². The molecule has 3 N–H and O–H groups in total. The summed E-state index contributed by atoms with van der Waals surface area (Å²) in [4.78, 5) is 5.52. The van der Waals surface area contributed by atoms with E-state index in [-0.39, 0.29) is 12.4 Å². The van der Waals surface area contributed by atoms with Crippen LogP contribution >= 0.6 is 11.8 Å². The standard InChI is InChI=1S/C8H11NO2S/c1-12-7-2-3-8(10)6(4-7)5-11-9/h2-4,10H,5,9H2,1H3. The molecule has 0 atom stereocenters. The molecular weight excluding hydrogens is 174 g/mol. The van der Waals surface area contributed by atoms with Crippen molar-refractivity contribution in [3.63, 3.8) is 0 Å². The molecule has 3 nitrogen and oxygen atoms in total. The van der Waals surface area contributed by atoms with Gasteiger partial charge in [0.2, 0.25) is 0 Å². The summed E-state index contributed by atoms with van der Waals surface area (Å²) in [5.41, 5.74) is 0.712. The van der Waals surface area contributed by atoms with E-state index in [1.807, 2.05) is 18.4 Å². The van der Waals surface area contributed by atoms with Crippen LogP contribution in [0.2, 0.25) is 0 Å². The van der Waals surface area contributed by atoms with Gasteiger partial charge in [-0.3, -0.25) is 4.84 Å². The Bertz CT molecular complexity index is 265. The zero-order chi connectivity index (χ0) is 8.97. The van der Waals surface area contributed by atoms with Crippen molar-refractivity contribution in [3.05, 3.63) is 23.8 Å². The maximum absolute atomic E-state index is 9.32. The van der Waals surface area contributed by atoms with Crippen molar-refractivity contribution in [1.29, 1.82) is 0 Å². The van der Waals surface area contributed by atoms with Gasteiger partial charge in [-0.05, 0) is 24.5 Å². The van der Waals surface area contributed by atoms with E-state index in [2.05, 4.69) is 4.84 Å². The highest BCUT2D eigenvalue weighted by atomic mass is 32.2. The van der Waals surface area contributed by atoms with E-state index in [1.54, 1.807) is 17.8 Å². The van der Waals surface area contributed by atoms with E-state index in [1.165, 1.54) is 0 Å². The smallest absolute Gasteiger partial charge is 0.121 e. The summed E-state index contributed by atoms with van der Waals surface area (Å²) in [5, 5.41) is 9.32. The predicted octanol–water partition coefficient (Wildman–Crippen LogP) is 1.50. The molecule has 0 unspecified atom stereocenters. The molecule has 0 aliphatic rings. The number of phenolic OH excluding ortho intramolecular Hbond substituents is 1. The lowest BCUT2D eigenvalue weighted by atomic mass is 10.2. The van der Waals surface area contributed by atoms with Gasteiger partial charge in [-0.15, -0.1) is 11.8 Å². The van der Waals surface area contributed by atoms with Crippen LogP contribution in [0, 0.1) is 0 Å². The molecule has 0 fully saturated rings. The summed E-state index contributed by atoms with van der Waals surface area (Å²) in [7, 11) is 0. The second kappa shape index (κ2) is 4.35. The Kier molecular flexibility index (Phi) is 3.40. The van der Waals surface area contributed by atoms with Gasteiger partial charge in [0.1, 0.15) is 5.75 Å². The summed E-state index contributed by atoms with van der Waals surface area (Å²) in [6.07, 6.45) is 1.97. The molecule has 0 saturated carbocycles. The monoisotopic (exact) mass is 185 g/mol. The van der Waals surface area contributed by atoms with Crippen LogP contribution in [-0.2, 0) is 11.4 Å². The Morgan fingerprint density at radius 1 is 1.58 bits per heavy atom. The quantitative estimate of drug-likeness (QED) is 0.553. The van der Waals surface area contributed by atoms with Gasteiger partial charge in [-0.1, -0.05) is 0 Å². The first-order valence-electron chi connectivity index (χ1n) is 3.45. The molecule has 0 aromatic heterocycles. The topological polar surface area (TPSA) is 55.5 Å². The normalized spacial score (nSPS) is 10.2. The average molecular weight is 185 g/mol. The lowest BCUT2D eigenvalue weighted by molar-refractivity contribution is 0.122. The minimum absolute atomic E-state index is 0.221. The van der Waals surface area contributed by atoms with Crippen LogP contribution < -0.4 is 5.90 Å². The summed E-state index contributed by atoms with van der Waals surface area (Å²) < 4.78 is 0. The number of hydrogen-bond donors (Lipinski definition) is 2. The van der Waals surface area contributed by atoms with Crippen LogP contribution in [0.4, 0.5) is 0 Å². The lowest BCUT2D eigenvalue weighted by Gasteiger charge is -2.04. The van der Waals surface area contributed by atoms with Crippen molar-refractivity contribution in [2.24, 2.45) is 5.90 Å². The number of phenols is 1. The first-order valence-corrected chi connectivity index (χ1v) is 4.68. The van der Waals surface area contributed by atoms with Crippen molar-refractivity contribution < 1.29 is 9.94 Å². The van der Waals surface area contributed by atoms with Gasteiger partial charge in [0.15, 0.2) is 0 Å². The van der Waals surface area contributed by atoms with E-state index in [0.29, 0.717) is 5.56 Å². The molecule has 12 heavy (non-hydrogen) atoms. The lowest BCUT2D eigenvalue weighted by Crippen LogP contribution is -1.99. The predicted molar refractivity (Wildman–Crippen MR) is 48.9 cm³/mol. The Hall–Kier alpha value is -0.710. The number of aromatic hydroxyl groups is 1. The SMILES string of the molecule is CSc1ccc(O)c(CON)c1. The molecule has 66 valence electrons. The molecule has 0 aliphatic heterocycles. The third-order valence-corrected chi connectivity index (χ3v) is 2.25. The molecule has 0 bridgehead atoms. The summed E-state index contributed by atoms with van der Waals surface area (Å²) in [5.74, 6) is 5.12. The Balaban J connectivity index is 2.91. The van der Waals surface area contributed by atoms with Crippen molar-refractivity contribution in [2.75, 3.05) is 6.26 Å². The van der Waals surface area contributed by atoms with Crippen molar-refractivity contribution >= 4 is 11.8 Å². The highest BCUT2D eigenvalue weighted by Gasteiger charge is 2.01. The summed E-state index contributed by atoms with van der Waals surface area (Å²) in [6.45, 7) is 0.236. The number of hydrogen-bond acceptors (Lipinski definition) is 4. The maximum atomic E-state index is 9.32. The molecule has 0 amide bonds. The Morgan fingerprint density at radius 2 is 2.33 bits per heavy atom. The van der Waals surface area contributed by atoms with Crippen LogP contribution in [-0.4, -0.2) is 11.4 Å². The molecular formula is C8H11NO2S. The molecule has 1 rings (SSSR count). The fourth-order valence-corrected chi connectivity index (χ4v) is 1.36. The Morgan fingerprint density at radius 3 is 2.92 bits per heavy atom. The average Bonchev–Trinajstić information content (AvgIpc) is 2.09. The van der Waals surface area contributed by atoms with Gasteiger partial charge < -0.3 is 5.11 Å². The molecule has 0 radical (unpaired) electrons. The van der Waals surface area contributed by atoms with Gasteiger partial charge in [-0.2, -0.15) is 0 Å². The molecule has 0 saturated heterocycles. The molecule has 4 heteroatoms. The van der Waals surface area contributed by atoms with Crippen LogP contribution in [0.15, 0.2) is 23.1 Å². The number of benzene rings is 1. The zero-order valence-corrected chi connectivity index (χ0v) is 7.60. The van der Waals surface area contributed by atoms with E-state index in [9.17, 15) is 5.11 Å². The zero-order valence-electron chi connectivity index (χ0n) is 6.78. The Labute approximate surface area is 75.5 Å². The van der Waals surface area contributed by atoms with Gasteiger partial charge in [-0.25, -0.2) is 5.90 Å². The highest BCUT2D eigenvalue weighted by Crippen LogP contribution is 2.23. The second-order valence-corrected chi connectivity index (χ2v) is 3.19. The summed E-state index contributed by atoms with van der Waals surface area (Å²) in [6, 6.07) is 5.34. The van der Waals surface area contributed by atoms with E-state index in [4.69, 9.17) is 5.90 Å². The second-order valence-electron chi connectivity index (χ2n) is 2.31. The minimum Gasteiger partial charge on any atom is -0.508 e. The van der Waals surface area contributed by atoms with Gasteiger partial charge in [0.05, 0.1) is 6.61 Å². The number of rotatable bonds is 3.